The average molecular weight is 527 g/mol. The summed E-state index contributed by atoms with van der Waals surface area (Å²) in [5.41, 5.74) is 0. The molecule has 0 saturated heterocycles. The largest absolute Gasteiger partial charge is 0.0885 e. The molecule has 0 aromatic carbocycles. The Hall–Kier alpha value is -1.04. The van der Waals surface area contributed by atoms with E-state index in [1.165, 1.54) is 154 Å². The van der Waals surface area contributed by atoms with E-state index in [-0.39, 0.29) is 0 Å². The van der Waals surface area contributed by atoms with Gasteiger partial charge in [0.05, 0.1) is 0 Å². The monoisotopic (exact) mass is 527 g/mol. The molecule has 0 aliphatic rings. The Morgan fingerprint density at radius 1 is 0.342 bits per heavy atom. The van der Waals surface area contributed by atoms with Gasteiger partial charge in [-0.1, -0.05) is 153 Å². The van der Waals surface area contributed by atoms with E-state index in [9.17, 15) is 0 Å². The fraction of sp³-hybridized carbons (Fsp3) is 0.789. The van der Waals surface area contributed by atoms with Gasteiger partial charge in [-0.05, 0) is 88.9 Å². The van der Waals surface area contributed by atoms with Crippen LogP contribution in [0.4, 0.5) is 0 Å². The van der Waals surface area contributed by atoms with E-state index in [2.05, 4.69) is 76.3 Å². The fourth-order valence-electron chi connectivity index (χ4n) is 5.20. The SMILES string of the molecule is CCCCCCCCC/C=C/CC/C=C/CCC(CC/C=C/CC/C=C/CCCCCCCCC)C(C)C. The summed E-state index contributed by atoms with van der Waals surface area (Å²) in [6.07, 6.45) is 51.6. The van der Waals surface area contributed by atoms with Crippen LogP contribution in [0.15, 0.2) is 48.6 Å². The summed E-state index contributed by atoms with van der Waals surface area (Å²) < 4.78 is 0. The lowest BCUT2D eigenvalue weighted by atomic mass is 9.87. The number of hydrogen-bond acceptors (Lipinski definition) is 0. The van der Waals surface area contributed by atoms with Gasteiger partial charge in [0.15, 0.2) is 0 Å². The van der Waals surface area contributed by atoms with E-state index in [0.717, 1.165) is 11.8 Å². The lowest BCUT2D eigenvalue weighted by molar-refractivity contribution is 0.341. The quantitative estimate of drug-likeness (QED) is 0.0671. The molecule has 0 amide bonds. The lowest BCUT2D eigenvalue weighted by Crippen LogP contribution is -2.08. The second-order valence-corrected chi connectivity index (χ2v) is 12.0. The minimum absolute atomic E-state index is 0.793. The van der Waals surface area contributed by atoms with Gasteiger partial charge >= 0.3 is 0 Å². The first-order chi connectivity index (χ1) is 18.7. The van der Waals surface area contributed by atoms with Crippen molar-refractivity contribution >= 4 is 0 Å². The molecule has 0 radical (unpaired) electrons. The van der Waals surface area contributed by atoms with Gasteiger partial charge in [-0.25, -0.2) is 0 Å². The van der Waals surface area contributed by atoms with Gasteiger partial charge < -0.3 is 0 Å². The first-order valence-corrected chi connectivity index (χ1v) is 17.3. The summed E-state index contributed by atoms with van der Waals surface area (Å²) in [4.78, 5) is 0. The van der Waals surface area contributed by atoms with Crippen molar-refractivity contribution in [3.63, 3.8) is 0 Å². The van der Waals surface area contributed by atoms with E-state index in [1.54, 1.807) is 0 Å². The predicted molar refractivity (Wildman–Crippen MR) is 177 cm³/mol. The summed E-state index contributed by atoms with van der Waals surface area (Å²) in [6, 6.07) is 0. The van der Waals surface area contributed by atoms with Crippen LogP contribution in [0, 0.1) is 11.8 Å². The molecule has 0 atom stereocenters. The number of hydrogen-bond donors (Lipinski definition) is 0. The third-order valence-electron chi connectivity index (χ3n) is 7.97. The van der Waals surface area contributed by atoms with Crippen LogP contribution in [-0.2, 0) is 0 Å². The molecule has 0 bridgehead atoms. The fourth-order valence-corrected chi connectivity index (χ4v) is 5.20. The van der Waals surface area contributed by atoms with Crippen molar-refractivity contribution in [2.24, 2.45) is 11.8 Å². The Morgan fingerprint density at radius 2 is 0.632 bits per heavy atom. The van der Waals surface area contributed by atoms with Crippen molar-refractivity contribution < 1.29 is 0 Å². The van der Waals surface area contributed by atoms with Gasteiger partial charge in [-0.2, -0.15) is 0 Å². The molecule has 222 valence electrons. The maximum Gasteiger partial charge on any atom is -0.0316 e. The molecule has 0 aliphatic heterocycles. The molecular weight excluding hydrogens is 456 g/mol. The van der Waals surface area contributed by atoms with Crippen LogP contribution in [0.25, 0.3) is 0 Å². The van der Waals surface area contributed by atoms with Crippen LogP contribution in [0.1, 0.15) is 182 Å². The topological polar surface area (TPSA) is 0 Å². The Balaban J connectivity index is 3.66. The highest BCUT2D eigenvalue weighted by Crippen LogP contribution is 2.23. The van der Waals surface area contributed by atoms with Gasteiger partial charge in [-0.15, -0.1) is 0 Å². The van der Waals surface area contributed by atoms with Crippen LogP contribution >= 0.6 is 0 Å². The molecule has 0 fully saturated rings. The average Bonchev–Trinajstić information content (AvgIpc) is 2.91. The van der Waals surface area contributed by atoms with E-state index in [0.29, 0.717) is 0 Å². The first kappa shape index (κ1) is 37.0. The molecule has 0 nitrogen and oxygen atoms in total. The number of allylic oxidation sites excluding steroid dienone is 8. The molecule has 0 unspecified atom stereocenters. The summed E-state index contributed by atoms with van der Waals surface area (Å²) in [7, 11) is 0. The first-order valence-electron chi connectivity index (χ1n) is 17.3. The lowest BCUT2D eigenvalue weighted by Gasteiger charge is -2.19. The van der Waals surface area contributed by atoms with Crippen molar-refractivity contribution in [1.82, 2.24) is 0 Å². The minimum atomic E-state index is 0.793. The zero-order valence-corrected chi connectivity index (χ0v) is 26.7. The van der Waals surface area contributed by atoms with Crippen molar-refractivity contribution in [3.8, 4) is 0 Å². The highest BCUT2D eigenvalue weighted by molar-refractivity contribution is 4.90. The molecule has 0 aromatic heterocycles. The summed E-state index contributed by atoms with van der Waals surface area (Å²) in [6.45, 7) is 9.40. The van der Waals surface area contributed by atoms with E-state index >= 15 is 0 Å². The van der Waals surface area contributed by atoms with Gasteiger partial charge in [0.1, 0.15) is 0 Å². The zero-order valence-electron chi connectivity index (χ0n) is 26.7. The maximum atomic E-state index is 2.44. The summed E-state index contributed by atoms with van der Waals surface area (Å²) in [5.74, 6) is 1.65. The second-order valence-electron chi connectivity index (χ2n) is 12.0. The van der Waals surface area contributed by atoms with Crippen LogP contribution in [0.5, 0.6) is 0 Å². The number of rotatable bonds is 29. The molecule has 0 heterocycles. The molecule has 0 aliphatic carbocycles. The van der Waals surface area contributed by atoms with Crippen molar-refractivity contribution in [1.29, 1.82) is 0 Å². The smallest absolute Gasteiger partial charge is 0.0316 e. The number of unbranched alkanes of at least 4 members (excludes halogenated alkanes) is 16. The van der Waals surface area contributed by atoms with Crippen LogP contribution in [-0.4, -0.2) is 0 Å². The normalized spacial score (nSPS) is 12.7. The highest BCUT2D eigenvalue weighted by atomic mass is 14.2. The minimum Gasteiger partial charge on any atom is -0.0885 e. The Morgan fingerprint density at radius 3 is 0.974 bits per heavy atom. The van der Waals surface area contributed by atoms with Gasteiger partial charge in [0.25, 0.3) is 0 Å². The molecule has 0 aromatic rings. The molecule has 0 saturated carbocycles. The zero-order chi connectivity index (χ0) is 27.8. The third-order valence-corrected chi connectivity index (χ3v) is 7.97. The van der Waals surface area contributed by atoms with Gasteiger partial charge in [0, 0.05) is 0 Å². The molecular formula is C38H70. The second kappa shape index (κ2) is 32.2. The standard InChI is InChI=1S/C38H70/c1-5-7-9-11-13-15-17-19-21-23-25-27-29-31-33-35-38(37(3)4)36-34-32-30-28-26-24-22-20-18-16-14-12-10-8-6-2/h21-24,29-32,37-38H,5-20,25-28,33-36H2,1-4H3/b23-21+,24-22+,31-29+,32-30+. The van der Waals surface area contributed by atoms with Crippen molar-refractivity contribution in [3.05, 3.63) is 48.6 Å². The summed E-state index contributed by atoms with van der Waals surface area (Å²) >= 11 is 0. The van der Waals surface area contributed by atoms with Gasteiger partial charge in [0.2, 0.25) is 0 Å². The van der Waals surface area contributed by atoms with Gasteiger partial charge in [-0.3, -0.25) is 0 Å². The molecule has 0 rings (SSSR count). The van der Waals surface area contributed by atoms with Crippen LogP contribution in [0.3, 0.4) is 0 Å². The van der Waals surface area contributed by atoms with Crippen molar-refractivity contribution in [2.45, 2.75) is 182 Å². The predicted octanol–water partition coefficient (Wildman–Crippen LogP) is 13.9. The Labute approximate surface area is 241 Å². The van der Waals surface area contributed by atoms with Crippen LogP contribution < -0.4 is 0 Å². The van der Waals surface area contributed by atoms with Crippen molar-refractivity contribution in [2.75, 3.05) is 0 Å². The molecule has 0 spiro atoms. The summed E-state index contributed by atoms with van der Waals surface area (Å²) in [5, 5.41) is 0. The van der Waals surface area contributed by atoms with E-state index in [1.807, 2.05) is 0 Å². The van der Waals surface area contributed by atoms with E-state index < -0.39 is 0 Å². The Kier molecular flexibility index (Phi) is 31.3. The molecule has 0 heteroatoms. The Bertz CT molecular complexity index is 500. The van der Waals surface area contributed by atoms with Crippen LogP contribution in [0.2, 0.25) is 0 Å². The van der Waals surface area contributed by atoms with E-state index in [4.69, 9.17) is 0 Å². The third kappa shape index (κ3) is 29.5. The molecule has 38 heavy (non-hydrogen) atoms. The highest BCUT2D eigenvalue weighted by Gasteiger charge is 2.11. The molecule has 0 N–H and O–H groups in total. The maximum absolute atomic E-state index is 2.44.